The topological polar surface area (TPSA) is 140 Å². The van der Waals surface area contributed by atoms with E-state index in [1.54, 1.807) is 32.1 Å². The average Bonchev–Trinajstić information content (AvgIpc) is 3.11. The van der Waals surface area contributed by atoms with E-state index in [4.69, 9.17) is 14.2 Å². The van der Waals surface area contributed by atoms with Gasteiger partial charge in [-0.05, 0) is 80.4 Å². The Labute approximate surface area is 275 Å². The van der Waals surface area contributed by atoms with E-state index in [2.05, 4.69) is 0 Å². The minimum Gasteiger partial charge on any atom is -0.506 e. The first-order valence-electron chi connectivity index (χ1n) is 16.2. The van der Waals surface area contributed by atoms with E-state index in [9.17, 15) is 29.7 Å². The van der Waals surface area contributed by atoms with Crippen molar-refractivity contribution in [2.45, 2.75) is 109 Å². The van der Waals surface area contributed by atoms with Gasteiger partial charge in [-0.2, -0.15) is 0 Å². The number of aromatic hydroxyl groups is 1. The van der Waals surface area contributed by atoms with Gasteiger partial charge in [0.2, 0.25) is 0 Å². The molecule has 0 amide bonds. The molecule has 250 valence electrons. The summed E-state index contributed by atoms with van der Waals surface area (Å²) in [6.45, 7) is 14.4. The lowest BCUT2D eigenvalue weighted by Gasteiger charge is -2.56. The summed E-state index contributed by atoms with van der Waals surface area (Å²) < 4.78 is 20.5. The molecule has 0 aromatic heterocycles. The summed E-state index contributed by atoms with van der Waals surface area (Å²) >= 11 is 0. The number of allylic oxidation sites excluding steroid dienone is 3. The SMILES string of the molecule is CC(C)=CCc1c2c(c(O)c3c1O[C@]14C(=C[C@H]5CC1C(C)(C)O[C@]4(C/C=C(\C)C(=O)O)C5=O)C3=O)C=CC(C)(C/C=C\C(C)(C)O)O2. The third kappa shape index (κ3) is 4.84. The van der Waals surface area contributed by atoms with Crippen LogP contribution in [0.4, 0.5) is 0 Å². The predicted molar refractivity (Wildman–Crippen MR) is 176 cm³/mol. The Morgan fingerprint density at radius 1 is 1.06 bits per heavy atom. The zero-order valence-electron chi connectivity index (χ0n) is 28.3. The highest BCUT2D eigenvalue weighted by atomic mass is 16.6. The monoisotopic (exact) mass is 644 g/mol. The van der Waals surface area contributed by atoms with Crippen LogP contribution < -0.4 is 9.47 Å². The first kappa shape index (κ1) is 33.0. The fraction of sp³-hybridized carbons (Fsp3) is 0.500. The van der Waals surface area contributed by atoms with Crippen molar-refractivity contribution in [1.29, 1.82) is 0 Å². The fourth-order valence-electron chi connectivity index (χ4n) is 8.08. The van der Waals surface area contributed by atoms with Crippen LogP contribution in [0.15, 0.2) is 53.2 Å². The molecule has 2 unspecified atom stereocenters. The number of hydrogen-bond acceptors (Lipinski definition) is 8. The Bertz CT molecular complexity index is 1760. The summed E-state index contributed by atoms with van der Waals surface area (Å²) in [5.41, 5.74) is -3.67. The summed E-state index contributed by atoms with van der Waals surface area (Å²) in [7, 11) is 0. The molecule has 0 radical (unpaired) electrons. The first-order chi connectivity index (χ1) is 21.8. The lowest BCUT2D eigenvalue weighted by Crippen LogP contribution is -2.72. The normalized spacial score (nSPS) is 31.5. The van der Waals surface area contributed by atoms with Gasteiger partial charge in [0.05, 0.1) is 16.8 Å². The number of aliphatic carboxylic acids is 1. The summed E-state index contributed by atoms with van der Waals surface area (Å²) in [5, 5.41) is 31.6. The maximum absolute atomic E-state index is 14.7. The van der Waals surface area contributed by atoms with Crippen molar-refractivity contribution >= 4 is 23.6 Å². The maximum Gasteiger partial charge on any atom is 0.330 e. The molecular weight excluding hydrogens is 600 g/mol. The third-order valence-electron chi connectivity index (χ3n) is 10.3. The van der Waals surface area contributed by atoms with Crippen LogP contribution in [0.3, 0.4) is 0 Å². The molecule has 3 heterocycles. The second kappa shape index (κ2) is 10.5. The van der Waals surface area contributed by atoms with E-state index in [0.717, 1.165) is 5.57 Å². The summed E-state index contributed by atoms with van der Waals surface area (Å²) in [4.78, 5) is 40.8. The number of ether oxygens (including phenoxy) is 3. The van der Waals surface area contributed by atoms with Crippen molar-refractivity contribution in [2.75, 3.05) is 0 Å². The van der Waals surface area contributed by atoms with Crippen LogP contribution in [-0.4, -0.2) is 60.9 Å². The Morgan fingerprint density at radius 3 is 2.40 bits per heavy atom. The largest absolute Gasteiger partial charge is 0.506 e. The van der Waals surface area contributed by atoms with Gasteiger partial charge < -0.3 is 29.5 Å². The van der Waals surface area contributed by atoms with Gasteiger partial charge >= 0.3 is 5.97 Å². The molecule has 3 aliphatic carbocycles. The van der Waals surface area contributed by atoms with Gasteiger partial charge in [0, 0.05) is 41.4 Å². The van der Waals surface area contributed by atoms with Crippen LogP contribution in [0.2, 0.25) is 0 Å². The van der Waals surface area contributed by atoms with Gasteiger partial charge in [0.15, 0.2) is 22.8 Å². The van der Waals surface area contributed by atoms with Gasteiger partial charge in [0.1, 0.15) is 28.4 Å². The smallest absolute Gasteiger partial charge is 0.330 e. The fourth-order valence-corrected chi connectivity index (χ4v) is 8.08. The standard InChI is InChI=1S/C38H44O9/c1-20(2)10-11-24-30-23(13-16-36(8,45-30)15-9-14-34(4,5)44)28(39)27-29(40)25-18-22-19-26-35(6,7)47-37(32(22)41,17-12-21(3)33(42)43)38(25,26)46-31(24)27/h9-10,12-14,16,18,22,26,39,44H,11,15,17,19H2,1-8H3,(H,42,43)/b14-9-,21-12+/t22-,26?,36?,37+,38+/m0/s1. The number of aliphatic hydroxyl groups is 1. The molecular formula is C38H44O9. The number of carboxylic acid groups (broad SMARTS) is 1. The number of carboxylic acids is 1. The van der Waals surface area contributed by atoms with Gasteiger partial charge in [-0.1, -0.05) is 36.0 Å². The molecule has 47 heavy (non-hydrogen) atoms. The molecule has 1 aromatic rings. The summed E-state index contributed by atoms with van der Waals surface area (Å²) in [6.07, 6.45) is 13.3. The van der Waals surface area contributed by atoms with Crippen LogP contribution in [0.1, 0.15) is 96.1 Å². The predicted octanol–water partition coefficient (Wildman–Crippen LogP) is 6.21. The minimum absolute atomic E-state index is 0.0150. The van der Waals surface area contributed by atoms with E-state index in [1.165, 1.54) is 13.0 Å². The van der Waals surface area contributed by atoms with Gasteiger partial charge in [-0.3, -0.25) is 9.59 Å². The van der Waals surface area contributed by atoms with E-state index < -0.39 is 51.6 Å². The number of phenols is 1. The van der Waals surface area contributed by atoms with Crippen LogP contribution in [-0.2, 0) is 20.7 Å². The average molecular weight is 645 g/mol. The molecule has 6 aliphatic rings. The minimum atomic E-state index is -1.66. The van der Waals surface area contributed by atoms with Crippen LogP contribution in [0, 0.1) is 11.8 Å². The highest BCUT2D eigenvalue weighted by Gasteiger charge is 2.81. The number of fused-ring (bicyclic) bond motifs is 2. The second-order valence-electron chi connectivity index (χ2n) is 15.2. The molecule has 5 atom stereocenters. The number of benzene rings is 1. The molecule has 3 N–H and O–H groups in total. The van der Waals surface area contributed by atoms with Crippen LogP contribution >= 0.6 is 0 Å². The number of carbonyl (C=O) groups excluding carboxylic acids is 2. The zero-order valence-corrected chi connectivity index (χ0v) is 28.3. The van der Waals surface area contributed by atoms with E-state index >= 15 is 0 Å². The molecule has 1 saturated carbocycles. The number of phenolic OH excluding ortho intramolecular Hbond substituents is 1. The number of rotatable bonds is 8. The second-order valence-corrected chi connectivity index (χ2v) is 15.2. The zero-order chi connectivity index (χ0) is 34.5. The summed E-state index contributed by atoms with van der Waals surface area (Å²) in [5.74, 6) is -2.58. The molecule has 3 aliphatic heterocycles. The molecule has 7 rings (SSSR count). The molecule has 2 fully saturated rings. The number of hydrogen-bond donors (Lipinski definition) is 3. The van der Waals surface area contributed by atoms with Crippen LogP contribution in [0.5, 0.6) is 17.2 Å². The number of Topliss-reactive ketones (excluding diaryl/α,β-unsaturated/α-hetero) is 2. The van der Waals surface area contributed by atoms with Crippen molar-refractivity contribution in [3.63, 3.8) is 0 Å². The Morgan fingerprint density at radius 2 is 1.77 bits per heavy atom. The molecule has 4 bridgehead atoms. The Balaban J connectivity index is 1.58. The highest BCUT2D eigenvalue weighted by Crippen LogP contribution is 2.68. The number of carbonyl (C=O) groups is 3. The lowest BCUT2D eigenvalue weighted by molar-refractivity contribution is -0.171. The van der Waals surface area contributed by atoms with E-state index in [1.807, 2.05) is 52.8 Å². The summed E-state index contributed by atoms with van der Waals surface area (Å²) in [6, 6.07) is 0. The number of ketones is 2. The molecule has 9 heteroatoms. The Kier molecular flexibility index (Phi) is 7.38. The van der Waals surface area contributed by atoms with Gasteiger partial charge in [0.25, 0.3) is 0 Å². The van der Waals surface area contributed by atoms with Crippen molar-refractivity contribution in [3.05, 3.63) is 69.9 Å². The first-order valence-corrected chi connectivity index (χ1v) is 16.2. The van der Waals surface area contributed by atoms with E-state index in [-0.39, 0.29) is 40.4 Å². The van der Waals surface area contributed by atoms with Crippen LogP contribution in [0.25, 0.3) is 6.08 Å². The quantitative estimate of drug-likeness (QED) is 0.223. The van der Waals surface area contributed by atoms with Crippen molar-refractivity contribution in [2.24, 2.45) is 11.8 Å². The highest BCUT2D eigenvalue weighted by molar-refractivity contribution is 6.19. The molecule has 1 saturated heterocycles. The molecule has 1 spiro atoms. The lowest BCUT2D eigenvalue weighted by atomic mass is 9.51. The molecule has 1 aromatic carbocycles. The van der Waals surface area contributed by atoms with Gasteiger partial charge in [-0.25, -0.2) is 4.79 Å². The Hall–Kier alpha value is -3.95. The van der Waals surface area contributed by atoms with Gasteiger partial charge in [-0.15, -0.1) is 0 Å². The maximum atomic E-state index is 14.7. The van der Waals surface area contributed by atoms with Crippen molar-refractivity contribution in [1.82, 2.24) is 0 Å². The van der Waals surface area contributed by atoms with Crippen molar-refractivity contribution < 1.29 is 43.9 Å². The van der Waals surface area contributed by atoms with Crippen molar-refractivity contribution in [3.8, 4) is 17.2 Å². The van der Waals surface area contributed by atoms with E-state index in [0.29, 0.717) is 36.1 Å². The third-order valence-corrected chi connectivity index (χ3v) is 10.3. The molecule has 9 nitrogen and oxygen atoms in total.